The number of H-pyrrole nitrogens is 1. The molecule has 0 aliphatic rings. The number of aromatic nitrogens is 2. The van der Waals surface area contributed by atoms with Gasteiger partial charge in [-0.25, -0.2) is 0 Å². The van der Waals surface area contributed by atoms with Crippen molar-refractivity contribution in [2.24, 2.45) is 0 Å². The van der Waals surface area contributed by atoms with Gasteiger partial charge in [0.1, 0.15) is 0 Å². The first-order valence-corrected chi connectivity index (χ1v) is 7.03. The lowest BCUT2D eigenvalue weighted by atomic mass is 10.1. The smallest absolute Gasteiger partial charge is 0.0456 e. The van der Waals surface area contributed by atoms with Crippen molar-refractivity contribution in [1.82, 2.24) is 15.3 Å². The summed E-state index contributed by atoms with van der Waals surface area (Å²) in [5.74, 6) is 0. The van der Waals surface area contributed by atoms with Gasteiger partial charge in [-0.15, -0.1) is 0 Å². The number of benzene rings is 1. The molecule has 1 unspecified atom stereocenters. The Kier molecular flexibility index (Phi) is 3.79. The summed E-state index contributed by atoms with van der Waals surface area (Å²) in [5, 5.41) is 4.89. The summed E-state index contributed by atoms with van der Waals surface area (Å²) in [7, 11) is 0. The largest absolute Gasteiger partial charge is 0.361 e. The summed E-state index contributed by atoms with van der Waals surface area (Å²) in [6.07, 6.45) is 6.82. The fraction of sp³-hybridized carbons (Fsp3) is 0.235. The van der Waals surface area contributed by atoms with Crippen molar-refractivity contribution in [1.29, 1.82) is 0 Å². The van der Waals surface area contributed by atoms with Crippen molar-refractivity contribution < 1.29 is 0 Å². The van der Waals surface area contributed by atoms with E-state index < -0.39 is 0 Å². The summed E-state index contributed by atoms with van der Waals surface area (Å²) in [5.41, 5.74) is 3.86. The minimum absolute atomic E-state index is 0.350. The quantitative estimate of drug-likeness (QED) is 0.741. The Morgan fingerprint density at radius 1 is 1.15 bits per heavy atom. The molecular weight excluding hydrogens is 246 g/mol. The Morgan fingerprint density at radius 3 is 2.80 bits per heavy atom. The molecule has 102 valence electrons. The molecule has 0 radical (unpaired) electrons. The van der Waals surface area contributed by atoms with Crippen LogP contribution < -0.4 is 5.32 Å². The van der Waals surface area contributed by atoms with E-state index in [-0.39, 0.29) is 0 Å². The van der Waals surface area contributed by atoms with E-state index >= 15 is 0 Å². The highest BCUT2D eigenvalue weighted by Crippen LogP contribution is 2.18. The fourth-order valence-electron chi connectivity index (χ4n) is 2.53. The van der Waals surface area contributed by atoms with Gasteiger partial charge >= 0.3 is 0 Å². The molecule has 0 aliphatic heterocycles. The molecule has 0 bridgehead atoms. The van der Waals surface area contributed by atoms with Crippen molar-refractivity contribution in [3.8, 4) is 0 Å². The Balaban J connectivity index is 1.60. The van der Waals surface area contributed by atoms with Gasteiger partial charge in [-0.05, 0) is 49.2 Å². The van der Waals surface area contributed by atoms with Gasteiger partial charge in [0.05, 0.1) is 0 Å². The second-order valence-electron chi connectivity index (χ2n) is 5.07. The minimum atomic E-state index is 0.350. The van der Waals surface area contributed by atoms with Crippen molar-refractivity contribution in [2.75, 3.05) is 6.54 Å². The Bertz CT molecular complexity index is 673. The number of pyridine rings is 1. The van der Waals surface area contributed by atoms with Crippen LogP contribution in [0.15, 0.2) is 55.0 Å². The first-order valence-electron chi connectivity index (χ1n) is 7.03. The van der Waals surface area contributed by atoms with Crippen molar-refractivity contribution in [2.45, 2.75) is 19.4 Å². The van der Waals surface area contributed by atoms with E-state index in [0.29, 0.717) is 6.04 Å². The molecule has 1 aromatic carbocycles. The van der Waals surface area contributed by atoms with Gasteiger partial charge < -0.3 is 10.3 Å². The van der Waals surface area contributed by atoms with Gasteiger partial charge in [-0.1, -0.05) is 18.2 Å². The number of rotatable bonds is 5. The molecule has 3 aromatic rings. The number of hydrogen-bond donors (Lipinski definition) is 2. The SMILES string of the molecule is CC(NCCc1c[nH]c2ccccc12)c1ccncc1. The van der Waals surface area contributed by atoms with Crippen LogP contribution >= 0.6 is 0 Å². The van der Waals surface area contributed by atoms with Crippen LogP contribution in [0.5, 0.6) is 0 Å². The highest BCUT2D eigenvalue weighted by molar-refractivity contribution is 5.83. The Morgan fingerprint density at radius 2 is 1.95 bits per heavy atom. The zero-order valence-corrected chi connectivity index (χ0v) is 11.6. The number of para-hydroxylation sites is 1. The van der Waals surface area contributed by atoms with E-state index in [1.165, 1.54) is 22.0 Å². The van der Waals surface area contributed by atoms with Crippen molar-refractivity contribution in [3.63, 3.8) is 0 Å². The minimum Gasteiger partial charge on any atom is -0.361 e. The molecule has 0 aliphatic carbocycles. The number of hydrogen-bond acceptors (Lipinski definition) is 2. The summed E-state index contributed by atoms with van der Waals surface area (Å²) < 4.78 is 0. The average Bonchev–Trinajstić information content (AvgIpc) is 2.92. The number of aromatic amines is 1. The molecule has 3 rings (SSSR count). The topological polar surface area (TPSA) is 40.7 Å². The normalized spacial score (nSPS) is 12.7. The molecule has 3 nitrogen and oxygen atoms in total. The molecule has 0 amide bonds. The van der Waals surface area contributed by atoms with Crippen LogP contribution in [0.4, 0.5) is 0 Å². The first-order chi connectivity index (χ1) is 9.84. The number of nitrogens with zero attached hydrogens (tertiary/aromatic N) is 1. The van der Waals surface area contributed by atoms with Crippen LogP contribution in [0.3, 0.4) is 0 Å². The molecule has 3 heteroatoms. The Hall–Kier alpha value is -2.13. The summed E-state index contributed by atoms with van der Waals surface area (Å²) in [6, 6.07) is 12.9. The maximum absolute atomic E-state index is 4.05. The highest BCUT2D eigenvalue weighted by Gasteiger charge is 2.06. The molecule has 20 heavy (non-hydrogen) atoms. The third kappa shape index (κ3) is 2.73. The van der Waals surface area contributed by atoms with E-state index in [2.05, 4.69) is 64.8 Å². The van der Waals surface area contributed by atoms with Crippen LogP contribution in [-0.4, -0.2) is 16.5 Å². The van der Waals surface area contributed by atoms with E-state index in [9.17, 15) is 0 Å². The standard InChI is InChI=1S/C17H19N3/c1-13(14-6-9-18-10-7-14)19-11-8-15-12-20-17-5-3-2-4-16(15)17/h2-7,9-10,12-13,19-20H,8,11H2,1H3. The van der Waals surface area contributed by atoms with Crippen molar-refractivity contribution >= 4 is 10.9 Å². The van der Waals surface area contributed by atoms with E-state index in [1.54, 1.807) is 0 Å². The molecular formula is C17H19N3. The zero-order valence-electron chi connectivity index (χ0n) is 11.6. The number of fused-ring (bicyclic) bond motifs is 1. The van der Waals surface area contributed by atoms with Gasteiger partial charge in [0.2, 0.25) is 0 Å². The molecule has 2 heterocycles. The van der Waals surface area contributed by atoms with Crippen LogP contribution in [0.2, 0.25) is 0 Å². The average molecular weight is 265 g/mol. The molecule has 0 saturated heterocycles. The van der Waals surface area contributed by atoms with E-state index in [1.807, 2.05) is 12.4 Å². The summed E-state index contributed by atoms with van der Waals surface area (Å²) in [6.45, 7) is 3.15. The lowest BCUT2D eigenvalue weighted by molar-refractivity contribution is 0.577. The third-order valence-corrected chi connectivity index (χ3v) is 3.73. The van der Waals surface area contributed by atoms with Crippen LogP contribution in [-0.2, 0) is 6.42 Å². The van der Waals surface area contributed by atoms with Gasteiger partial charge in [-0.3, -0.25) is 4.98 Å². The molecule has 0 saturated carbocycles. The van der Waals surface area contributed by atoms with Crippen molar-refractivity contribution in [3.05, 3.63) is 66.1 Å². The maximum atomic E-state index is 4.05. The lowest BCUT2D eigenvalue weighted by Crippen LogP contribution is -2.21. The van der Waals surface area contributed by atoms with E-state index in [0.717, 1.165) is 13.0 Å². The van der Waals surface area contributed by atoms with Gasteiger partial charge in [0, 0.05) is 35.5 Å². The van der Waals surface area contributed by atoms with Crippen LogP contribution in [0.1, 0.15) is 24.1 Å². The molecule has 0 spiro atoms. The molecule has 1 atom stereocenters. The fourth-order valence-corrected chi connectivity index (χ4v) is 2.53. The van der Waals surface area contributed by atoms with E-state index in [4.69, 9.17) is 0 Å². The Labute approximate surface area is 119 Å². The zero-order chi connectivity index (χ0) is 13.8. The summed E-state index contributed by atoms with van der Waals surface area (Å²) >= 11 is 0. The molecule has 0 fully saturated rings. The van der Waals surface area contributed by atoms with Gasteiger partial charge in [0.25, 0.3) is 0 Å². The van der Waals surface area contributed by atoms with Crippen LogP contribution in [0, 0.1) is 0 Å². The summed E-state index contributed by atoms with van der Waals surface area (Å²) in [4.78, 5) is 7.37. The predicted octanol–water partition coefficient (Wildman–Crippen LogP) is 3.46. The lowest BCUT2D eigenvalue weighted by Gasteiger charge is -2.13. The monoisotopic (exact) mass is 265 g/mol. The van der Waals surface area contributed by atoms with Gasteiger partial charge in [-0.2, -0.15) is 0 Å². The predicted molar refractivity (Wildman–Crippen MR) is 82.7 cm³/mol. The highest BCUT2D eigenvalue weighted by atomic mass is 14.9. The third-order valence-electron chi connectivity index (χ3n) is 3.73. The maximum Gasteiger partial charge on any atom is 0.0456 e. The number of nitrogens with one attached hydrogen (secondary N) is 2. The first kappa shape index (κ1) is 12.9. The second kappa shape index (κ2) is 5.88. The second-order valence-corrected chi connectivity index (χ2v) is 5.07. The van der Waals surface area contributed by atoms with Crippen LogP contribution in [0.25, 0.3) is 10.9 Å². The molecule has 2 N–H and O–H groups in total. The van der Waals surface area contributed by atoms with Gasteiger partial charge in [0.15, 0.2) is 0 Å². The molecule has 2 aromatic heterocycles.